The molecule has 0 N–H and O–H groups in total. The third-order valence-corrected chi connectivity index (χ3v) is 6.40. The molecule has 0 spiro atoms. The van der Waals surface area contributed by atoms with E-state index >= 15 is 0 Å². The summed E-state index contributed by atoms with van der Waals surface area (Å²) < 4.78 is 50.7. The molecule has 1 aromatic rings. The molecule has 0 aromatic heterocycles. The van der Waals surface area contributed by atoms with Crippen molar-refractivity contribution in [3.8, 4) is 0 Å². The monoisotopic (exact) mass is 380 g/mol. The molecular weight excluding hydrogens is 352 g/mol. The maximum Gasteiger partial charge on any atom is 0.412 e. The average molecular weight is 380 g/mol. The summed E-state index contributed by atoms with van der Waals surface area (Å²) in [6.45, 7) is 3.90. The van der Waals surface area contributed by atoms with Gasteiger partial charge in [0, 0.05) is 5.92 Å². The van der Waals surface area contributed by atoms with Crippen LogP contribution in [0.2, 0.25) is 0 Å². The highest BCUT2D eigenvalue weighted by atomic mass is 19.4. The number of hydrogen-bond donors (Lipinski definition) is 0. The first-order valence-electron chi connectivity index (χ1n) is 10.0. The number of allylic oxidation sites excluding steroid dienone is 3. The molecule has 3 rings (SSSR count). The molecule has 2 aliphatic carbocycles. The van der Waals surface area contributed by atoms with E-state index in [1.54, 1.807) is 0 Å². The van der Waals surface area contributed by atoms with E-state index in [0.717, 1.165) is 12.8 Å². The van der Waals surface area contributed by atoms with Gasteiger partial charge in [-0.3, -0.25) is 0 Å². The van der Waals surface area contributed by atoms with Crippen LogP contribution in [-0.4, -0.2) is 6.18 Å². The maximum atomic E-state index is 13.8. The zero-order valence-electron chi connectivity index (χ0n) is 15.6. The third kappa shape index (κ3) is 5.46. The number of hydrogen-bond acceptors (Lipinski definition) is 0. The van der Waals surface area contributed by atoms with Gasteiger partial charge in [-0.15, -0.1) is 6.58 Å². The van der Waals surface area contributed by atoms with Crippen molar-refractivity contribution < 1.29 is 17.6 Å². The van der Waals surface area contributed by atoms with Gasteiger partial charge in [0.05, 0.1) is 6.08 Å². The fourth-order valence-electron chi connectivity index (χ4n) is 4.71. The van der Waals surface area contributed by atoms with E-state index in [4.69, 9.17) is 0 Å². The highest BCUT2D eigenvalue weighted by molar-refractivity contribution is 5.28. The van der Waals surface area contributed by atoms with E-state index in [2.05, 4.69) is 36.9 Å². The van der Waals surface area contributed by atoms with Crippen LogP contribution in [0, 0.1) is 11.8 Å². The van der Waals surface area contributed by atoms with Crippen molar-refractivity contribution in [1.82, 2.24) is 0 Å². The van der Waals surface area contributed by atoms with Gasteiger partial charge < -0.3 is 0 Å². The number of alkyl halides is 3. The zero-order chi connectivity index (χ0) is 19.4. The normalized spacial score (nSPS) is 30.1. The molecule has 0 amide bonds. The Kier molecular flexibility index (Phi) is 6.44. The van der Waals surface area contributed by atoms with Crippen molar-refractivity contribution >= 4 is 0 Å². The van der Waals surface area contributed by atoms with Gasteiger partial charge in [-0.2, -0.15) is 13.2 Å². The van der Waals surface area contributed by atoms with Crippen LogP contribution in [-0.2, 0) is 0 Å². The van der Waals surface area contributed by atoms with Gasteiger partial charge in [-0.1, -0.05) is 30.3 Å². The van der Waals surface area contributed by atoms with Gasteiger partial charge in [0.25, 0.3) is 0 Å². The van der Waals surface area contributed by atoms with Crippen LogP contribution < -0.4 is 0 Å². The molecule has 27 heavy (non-hydrogen) atoms. The van der Waals surface area contributed by atoms with E-state index in [1.165, 1.54) is 36.8 Å². The van der Waals surface area contributed by atoms with Crippen LogP contribution in [0.5, 0.6) is 0 Å². The molecular formula is C23H28F4. The summed E-state index contributed by atoms with van der Waals surface area (Å²) in [4.78, 5) is 0. The predicted molar refractivity (Wildman–Crippen MR) is 101 cm³/mol. The van der Waals surface area contributed by atoms with E-state index in [-0.39, 0.29) is 6.08 Å². The smallest absolute Gasteiger partial charge is 0.212 e. The summed E-state index contributed by atoms with van der Waals surface area (Å²) in [7, 11) is 0. The van der Waals surface area contributed by atoms with Gasteiger partial charge in [0.15, 0.2) is 0 Å². The molecule has 0 nitrogen and oxygen atoms in total. The molecule has 0 heterocycles. The summed E-state index contributed by atoms with van der Waals surface area (Å²) in [6, 6.07) is 8.76. The first-order valence-corrected chi connectivity index (χ1v) is 10.0. The van der Waals surface area contributed by atoms with Crippen molar-refractivity contribution in [2.45, 2.75) is 69.4 Å². The van der Waals surface area contributed by atoms with E-state index in [9.17, 15) is 17.6 Å². The van der Waals surface area contributed by atoms with Gasteiger partial charge in [0.1, 0.15) is 5.83 Å². The second-order valence-electron chi connectivity index (χ2n) is 8.13. The van der Waals surface area contributed by atoms with Crippen molar-refractivity contribution in [2.75, 3.05) is 0 Å². The minimum atomic E-state index is -4.57. The zero-order valence-corrected chi connectivity index (χ0v) is 15.6. The summed E-state index contributed by atoms with van der Waals surface area (Å²) in [5, 5.41) is 0. The highest BCUT2D eigenvalue weighted by Crippen LogP contribution is 2.41. The Labute approximate surface area is 159 Å². The van der Waals surface area contributed by atoms with Crippen LogP contribution in [0.3, 0.4) is 0 Å². The fourth-order valence-corrected chi connectivity index (χ4v) is 4.71. The SMILES string of the molecule is C=CC1CCC(c2ccc(C3CCC(C(F)=CC(F)(F)F)CC3)cc2)CC1. The Morgan fingerprint density at radius 3 is 1.67 bits per heavy atom. The quantitative estimate of drug-likeness (QED) is 0.369. The largest absolute Gasteiger partial charge is 0.412 e. The Balaban J connectivity index is 1.55. The van der Waals surface area contributed by atoms with E-state index < -0.39 is 17.9 Å². The Bertz CT molecular complexity index is 640. The third-order valence-electron chi connectivity index (χ3n) is 6.40. The lowest BCUT2D eigenvalue weighted by Gasteiger charge is -2.29. The lowest BCUT2D eigenvalue weighted by atomic mass is 9.76. The molecule has 0 saturated heterocycles. The molecule has 0 unspecified atom stereocenters. The van der Waals surface area contributed by atoms with Crippen molar-refractivity contribution in [3.63, 3.8) is 0 Å². The number of halogens is 4. The van der Waals surface area contributed by atoms with Gasteiger partial charge in [0.2, 0.25) is 0 Å². The summed E-state index contributed by atoms with van der Waals surface area (Å²) in [5.74, 6) is 0.00851. The van der Waals surface area contributed by atoms with Crippen molar-refractivity contribution in [3.05, 3.63) is 60.0 Å². The topological polar surface area (TPSA) is 0 Å². The van der Waals surface area contributed by atoms with E-state index in [0.29, 0.717) is 30.6 Å². The molecule has 0 radical (unpaired) electrons. The second-order valence-corrected chi connectivity index (χ2v) is 8.13. The van der Waals surface area contributed by atoms with Crippen LogP contribution in [0.15, 0.2) is 48.8 Å². The molecule has 4 heteroatoms. The summed E-state index contributed by atoms with van der Waals surface area (Å²) in [6.07, 6.45) is 4.59. The van der Waals surface area contributed by atoms with E-state index in [1.807, 2.05) is 0 Å². The van der Waals surface area contributed by atoms with Crippen LogP contribution in [0.1, 0.15) is 74.3 Å². The standard InChI is InChI=1S/C23H28F4/c1-2-16-3-5-17(6-4-16)18-7-9-19(10-8-18)20-11-13-21(14-12-20)22(24)15-23(25,26)27/h2,7-10,15-17,20-21H,1,3-6,11-14H2. The predicted octanol–water partition coefficient (Wildman–Crippen LogP) is 7.84. The first kappa shape index (κ1) is 20.2. The van der Waals surface area contributed by atoms with Gasteiger partial charge in [-0.25, -0.2) is 4.39 Å². The van der Waals surface area contributed by atoms with Gasteiger partial charge >= 0.3 is 6.18 Å². The minimum Gasteiger partial charge on any atom is -0.212 e. The molecule has 2 fully saturated rings. The number of rotatable bonds is 4. The van der Waals surface area contributed by atoms with Crippen molar-refractivity contribution in [1.29, 1.82) is 0 Å². The Hall–Kier alpha value is -1.58. The minimum absolute atomic E-state index is 0.173. The lowest BCUT2D eigenvalue weighted by Crippen LogP contribution is -2.16. The van der Waals surface area contributed by atoms with Crippen LogP contribution in [0.25, 0.3) is 0 Å². The Morgan fingerprint density at radius 1 is 0.815 bits per heavy atom. The summed E-state index contributed by atoms with van der Waals surface area (Å²) >= 11 is 0. The molecule has 0 atom stereocenters. The van der Waals surface area contributed by atoms with Gasteiger partial charge in [-0.05, 0) is 80.2 Å². The first-order chi connectivity index (χ1) is 12.9. The van der Waals surface area contributed by atoms with Crippen LogP contribution in [0.4, 0.5) is 17.6 Å². The maximum absolute atomic E-state index is 13.8. The molecule has 2 aliphatic rings. The molecule has 0 aliphatic heterocycles. The molecule has 148 valence electrons. The second kappa shape index (κ2) is 8.62. The Morgan fingerprint density at radius 2 is 1.26 bits per heavy atom. The van der Waals surface area contributed by atoms with Crippen LogP contribution >= 0.6 is 0 Å². The lowest BCUT2D eigenvalue weighted by molar-refractivity contribution is -0.0820. The average Bonchev–Trinajstić information content (AvgIpc) is 2.67. The molecule has 0 bridgehead atoms. The summed E-state index contributed by atoms with van der Waals surface area (Å²) in [5.41, 5.74) is 2.62. The van der Waals surface area contributed by atoms with Crippen molar-refractivity contribution in [2.24, 2.45) is 11.8 Å². The molecule has 1 aromatic carbocycles. The molecule has 2 saturated carbocycles. The highest BCUT2D eigenvalue weighted by Gasteiger charge is 2.30. The number of benzene rings is 1. The fraction of sp³-hybridized carbons (Fsp3) is 0.565.